The smallest absolute Gasteiger partial charge is 0.270 e. The van der Waals surface area contributed by atoms with Crippen LogP contribution in [0.2, 0.25) is 0 Å². The number of benzene rings is 1. The quantitative estimate of drug-likeness (QED) is 0.755. The van der Waals surface area contributed by atoms with Crippen molar-refractivity contribution in [3.8, 4) is 5.88 Å². The first-order chi connectivity index (χ1) is 13.8. The summed E-state index contributed by atoms with van der Waals surface area (Å²) in [4.78, 5) is 31.1. The number of pyridine rings is 1. The van der Waals surface area contributed by atoms with E-state index in [1.165, 1.54) is 12.1 Å². The molecule has 1 aliphatic rings. The van der Waals surface area contributed by atoms with E-state index in [2.05, 4.69) is 10.3 Å². The fraction of sp³-hybridized carbons (Fsp3) is 0.381. The van der Waals surface area contributed by atoms with Crippen LogP contribution < -0.4 is 15.0 Å². The molecule has 2 amide bonds. The Labute approximate surface area is 174 Å². The number of carbonyl (C=O) groups is 2. The lowest BCUT2D eigenvalue weighted by atomic mass is 10.0. The molecule has 1 aliphatic heterocycles. The monoisotopic (exact) mass is 419 g/mol. The van der Waals surface area contributed by atoms with E-state index >= 15 is 0 Å². The molecule has 0 aliphatic carbocycles. The van der Waals surface area contributed by atoms with Gasteiger partial charge >= 0.3 is 0 Å². The maximum atomic E-state index is 13.3. The van der Waals surface area contributed by atoms with Crippen molar-refractivity contribution < 1.29 is 18.7 Å². The van der Waals surface area contributed by atoms with E-state index in [9.17, 15) is 14.0 Å². The number of halogens is 2. The minimum absolute atomic E-state index is 0.0748. The second-order valence-corrected chi connectivity index (χ2v) is 7.58. The predicted octanol–water partition coefficient (Wildman–Crippen LogP) is 3.30. The summed E-state index contributed by atoms with van der Waals surface area (Å²) in [5.74, 6) is -0.892. The number of hydrogen-bond donors (Lipinski definition) is 1. The Morgan fingerprint density at radius 2 is 2.03 bits per heavy atom. The minimum Gasteiger partial charge on any atom is -0.474 e. The van der Waals surface area contributed by atoms with Crippen molar-refractivity contribution >= 4 is 29.1 Å². The van der Waals surface area contributed by atoms with Gasteiger partial charge in [-0.1, -0.05) is 12.1 Å². The fourth-order valence-electron chi connectivity index (χ4n) is 3.24. The van der Waals surface area contributed by atoms with Gasteiger partial charge in [-0.3, -0.25) is 9.59 Å². The number of fused-ring (bicyclic) bond motifs is 1. The number of anilines is 1. The summed E-state index contributed by atoms with van der Waals surface area (Å²) in [6, 6.07) is 7.48. The molecule has 0 fully saturated rings. The average Bonchev–Trinajstić information content (AvgIpc) is 2.68. The number of carbonyl (C=O) groups excluding carboxylic acids is 2. The summed E-state index contributed by atoms with van der Waals surface area (Å²) in [5.41, 5.74) is 2.12. The van der Waals surface area contributed by atoms with Crippen molar-refractivity contribution in [2.75, 3.05) is 17.4 Å². The number of amides is 2. The van der Waals surface area contributed by atoms with Gasteiger partial charge in [0.1, 0.15) is 29.7 Å². The van der Waals surface area contributed by atoms with Crippen LogP contribution in [0, 0.1) is 5.82 Å². The Kier molecular flexibility index (Phi) is 6.37. The Morgan fingerprint density at radius 3 is 2.66 bits per heavy atom. The molecule has 1 atom stereocenters. The third-order valence-corrected chi connectivity index (χ3v) is 4.76. The molecular formula is C21H23ClFN3O3. The molecule has 1 aromatic heterocycles. The Balaban J connectivity index is 2.09. The molecule has 3 rings (SSSR count). The van der Waals surface area contributed by atoms with E-state index in [4.69, 9.17) is 16.3 Å². The van der Waals surface area contributed by atoms with Crippen LogP contribution in [0.3, 0.4) is 0 Å². The third kappa shape index (κ3) is 4.67. The number of nitrogens with zero attached hydrogens (tertiary/aromatic N) is 2. The lowest BCUT2D eigenvalue weighted by Crippen LogP contribution is -2.46. The molecule has 0 saturated carbocycles. The zero-order valence-electron chi connectivity index (χ0n) is 16.5. The summed E-state index contributed by atoms with van der Waals surface area (Å²) in [5, 5.41) is 2.84. The maximum absolute atomic E-state index is 13.3. The highest BCUT2D eigenvalue weighted by Crippen LogP contribution is 2.35. The van der Waals surface area contributed by atoms with Gasteiger partial charge in [0, 0.05) is 6.04 Å². The van der Waals surface area contributed by atoms with Gasteiger partial charge in [0.05, 0.1) is 6.04 Å². The summed E-state index contributed by atoms with van der Waals surface area (Å²) < 4.78 is 19.0. The van der Waals surface area contributed by atoms with Gasteiger partial charge in [0.2, 0.25) is 11.8 Å². The highest BCUT2D eigenvalue weighted by atomic mass is 35.5. The molecule has 0 radical (unpaired) electrons. The van der Waals surface area contributed by atoms with Crippen LogP contribution in [0.4, 0.5) is 10.1 Å². The van der Waals surface area contributed by atoms with Crippen molar-refractivity contribution in [1.82, 2.24) is 10.3 Å². The zero-order chi connectivity index (χ0) is 21.1. The maximum Gasteiger partial charge on any atom is 0.270 e. The van der Waals surface area contributed by atoms with Gasteiger partial charge in [0.25, 0.3) is 5.91 Å². The average molecular weight is 420 g/mol. The lowest BCUT2D eigenvalue weighted by molar-refractivity contribution is -0.117. The lowest BCUT2D eigenvalue weighted by Gasteiger charge is -2.34. The largest absolute Gasteiger partial charge is 0.474 e. The van der Waals surface area contributed by atoms with Gasteiger partial charge in [-0.15, -0.1) is 11.6 Å². The first-order valence-corrected chi connectivity index (χ1v) is 9.93. The summed E-state index contributed by atoms with van der Waals surface area (Å²) in [6.45, 7) is 5.82. The number of nitrogens with one attached hydrogen (secondary N) is 1. The fourth-order valence-corrected chi connectivity index (χ4v) is 3.37. The second-order valence-electron chi connectivity index (χ2n) is 7.31. The van der Waals surface area contributed by atoms with Gasteiger partial charge in [-0.25, -0.2) is 9.37 Å². The zero-order valence-corrected chi connectivity index (χ0v) is 17.3. The number of hydrogen-bond acceptors (Lipinski definition) is 4. The number of alkyl halides is 1. The molecule has 0 spiro atoms. The first-order valence-electron chi connectivity index (χ1n) is 9.40. The molecular weight excluding hydrogens is 397 g/mol. The molecule has 29 heavy (non-hydrogen) atoms. The van der Waals surface area contributed by atoms with Crippen molar-refractivity contribution in [3.63, 3.8) is 0 Å². The molecule has 1 unspecified atom stereocenters. The van der Waals surface area contributed by atoms with E-state index in [0.717, 1.165) is 5.56 Å². The SMILES string of the molecule is CC(C)NC(=O)c1nc2c(cc1Cc1ccc(F)cc1)N(C(=O)CCl)C(C)CO2. The number of aromatic nitrogens is 1. The summed E-state index contributed by atoms with van der Waals surface area (Å²) in [6.07, 6.45) is 0.346. The van der Waals surface area contributed by atoms with Gasteiger partial charge in [0.15, 0.2) is 0 Å². The molecule has 0 saturated heterocycles. The van der Waals surface area contributed by atoms with Crippen molar-refractivity contribution in [2.24, 2.45) is 0 Å². The van der Waals surface area contributed by atoms with Gasteiger partial charge < -0.3 is 15.0 Å². The van der Waals surface area contributed by atoms with Crippen LogP contribution in [0.15, 0.2) is 30.3 Å². The van der Waals surface area contributed by atoms with Crippen LogP contribution in [0.25, 0.3) is 0 Å². The molecule has 1 N–H and O–H groups in total. The second kappa shape index (κ2) is 8.78. The predicted molar refractivity (Wildman–Crippen MR) is 109 cm³/mol. The van der Waals surface area contributed by atoms with Crippen molar-refractivity contribution in [3.05, 3.63) is 53.0 Å². The summed E-state index contributed by atoms with van der Waals surface area (Å²) >= 11 is 5.79. The number of rotatable bonds is 5. The van der Waals surface area contributed by atoms with Crippen molar-refractivity contribution in [1.29, 1.82) is 0 Å². The van der Waals surface area contributed by atoms with E-state index in [-0.39, 0.29) is 53.8 Å². The molecule has 2 heterocycles. The molecule has 0 bridgehead atoms. The number of ether oxygens (including phenoxy) is 1. The third-order valence-electron chi connectivity index (χ3n) is 4.53. The van der Waals surface area contributed by atoms with E-state index in [0.29, 0.717) is 17.7 Å². The van der Waals surface area contributed by atoms with Crippen LogP contribution >= 0.6 is 11.6 Å². The first kappa shape index (κ1) is 21.0. The van der Waals surface area contributed by atoms with Gasteiger partial charge in [-0.05, 0) is 56.5 Å². The molecule has 154 valence electrons. The van der Waals surface area contributed by atoms with Gasteiger partial charge in [-0.2, -0.15) is 0 Å². The highest BCUT2D eigenvalue weighted by Gasteiger charge is 2.32. The van der Waals surface area contributed by atoms with Crippen LogP contribution in [-0.2, 0) is 11.2 Å². The Hall–Kier alpha value is -2.67. The van der Waals surface area contributed by atoms with E-state index in [1.54, 1.807) is 23.1 Å². The molecule has 8 heteroatoms. The van der Waals surface area contributed by atoms with E-state index < -0.39 is 0 Å². The topological polar surface area (TPSA) is 71.5 Å². The molecule has 2 aromatic rings. The normalized spacial score (nSPS) is 15.7. The van der Waals surface area contributed by atoms with Crippen LogP contribution in [0.1, 0.15) is 42.4 Å². The molecule has 1 aromatic carbocycles. The Morgan fingerprint density at radius 1 is 1.34 bits per heavy atom. The molecule has 6 nitrogen and oxygen atoms in total. The van der Waals surface area contributed by atoms with E-state index in [1.807, 2.05) is 20.8 Å². The standard InChI is InChI=1S/C21H23ClFN3O3/c1-12(2)24-20(28)19-15(8-14-4-6-16(23)7-5-14)9-17-21(25-19)29-11-13(3)26(17)18(27)10-22/h4-7,9,12-13H,8,10-11H2,1-3H3,(H,24,28). The van der Waals surface area contributed by atoms with Crippen LogP contribution in [-0.4, -0.2) is 41.4 Å². The highest BCUT2D eigenvalue weighted by molar-refractivity contribution is 6.29. The van der Waals surface area contributed by atoms with Crippen molar-refractivity contribution in [2.45, 2.75) is 39.3 Å². The summed E-state index contributed by atoms with van der Waals surface area (Å²) in [7, 11) is 0. The Bertz CT molecular complexity index is 918. The van der Waals surface area contributed by atoms with Crippen LogP contribution in [0.5, 0.6) is 5.88 Å². The minimum atomic E-state index is -0.337.